The van der Waals surface area contributed by atoms with Crippen LogP contribution < -0.4 is 15.4 Å². The molecule has 0 spiro atoms. The minimum atomic E-state index is -0.358. The lowest BCUT2D eigenvalue weighted by Gasteiger charge is -2.18. The lowest BCUT2D eigenvalue weighted by Crippen LogP contribution is -2.25. The monoisotopic (exact) mass is 236 g/mol. The summed E-state index contributed by atoms with van der Waals surface area (Å²) in [7, 11) is 1.32. The van der Waals surface area contributed by atoms with Gasteiger partial charge in [0.2, 0.25) is 0 Å². The van der Waals surface area contributed by atoms with Gasteiger partial charge < -0.3 is 20.1 Å². The molecule has 0 saturated heterocycles. The average Bonchev–Trinajstić information content (AvgIpc) is 2.35. The van der Waals surface area contributed by atoms with E-state index in [1.807, 2.05) is 0 Å². The molecule has 0 bridgehead atoms. The molecule has 0 aliphatic carbocycles. The van der Waals surface area contributed by atoms with Crippen molar-refractivity contribution >= 4 is 23.3 Å². The van der Waals surface area contributed by atoms with Crippen molar-refractivity contribution in [3.63, 3.8) is 0 Å². The number of carbonyl (C=O) groups is 2. The highest BCUT2D eigenvalue weighted by molar-refractivity contribution is 5.96. The second-order valence-electron chi connectivity index (χ2n) is 3.48. The highest BCUT2D eigenvalue weighted by atomic mass is 16.5. The second-order valence-corrected chi connectivity index (χ2v) is 3.48. The molecule has 2 N–H and O–H groups in total. The zero-order chi connectivity index (χ0) is 12.3. The number of anilines is 2. The summed E-state index contributed by atoms with van der Waals surface area (Å²) in [6, 6.07) is 5.20. The van der Waals surface area contributed by atoms with Gasteiger partial charge in [0.1, 0.15) is 12.3 Å². The molecule has 2 rings (SSSR count). The van der Waals surface area contributed by atoms with Crippen LogP contribution in [0.1, 0.15) is 0 Å². The number of benzene rings is 1. The van der Waals surface area contributed by atoms with Crippen LogP contribution in [0.5, 0.6) is 5.75 Å². The Hall–Kier alpha value is -2.24. The van der Waals surface area contributed by atoms with E-state index in [9.17, 15) is 9.59 Å². The number of carbonyl (C=O) groups excluding carboxylic acids is 2. The van der Waals surface area contributed by atoms with Crippen LogP contribution in [0.25, 0.3) is 0 Å². The van der Waals surface area contributed by atoms with Crippen molar-refractivity contribution in [2.24, 2.45) is 0 Å². The maximum absolute atomic E-state index is 11.1. The predicted molar refractivity (Wildman–Crippen MR) is 61.1 cm³/mol. The summed E-state index contributed by atoms with van der Waals surface area (Å²) in [6.07, 6.45) is 0. The molecule has 1 heterocycles. The molecule has 6 nitrogen and oxygen atoms in total. The third kappa shape index (κ3) is 2.66. The largest absolute Gasteiger partial charge is 0.482 e. The van der Waals surface area contributed by atoms with Crippen LogP contribution in [0.3, 0.4) is 0 Å². The van der Waals surface area contributed by atoms with E-state index >= 15 is 0 Å². The third-order valence-electron chi connectivity index (χ3n) is 2.28. The summed E-state index contributed by atoms with van der Waals surface area (Å²) < 4.78 is 9.71. The maximum atomic E-state index is 11.1. The average molecular weight is 236 g/mol. The zero-order valence-electron chi connectivity index (χ0n) is 9.28. The van der Waals surface area contributed by atoms with Crippen LogP contribution in [0, 0.1) is 0 Å². The fraction of sp³-hybridized carbons (Fsp3) is 0.273. The maximum Gasteiger partial charge on any atom is 0.325 e. The third-order valence-corrected chi connectivity index (χ3v) is 2.28. The van der Waals surface area contributed by atoms with Crippen molar-refractivity contribution < 1.29 is 19.1 Å². The van der Waals surface area contributed by atoms with E-state index in [1.165, 1.54) is 7.11 Å². The summed E-state index contributed by atoms with van der Waals surface area (Å²) in [5.74, 6) is 0.0684. The van der Waals surface area contributed by atoms with Crippen LogP contribution in [-0.4, -0.2) is 32.1 Å². The molecule has 1 aliphatic rings. The van der Waals surface area contributed by atoms with Crippen LogP contribution >= 0.6 is 0 Å². The number of methoxy groups -OCH3 is 1. The van der Waals surface area contributed by atoms with Crippen molar-refractivity contribution in [1.29, 1.82) is 0 Å². The van der Waals surface area contributed by atoms with Crippen LogP contribution in [0.2, 0.25) is 0 Å². The normalized spacial score (nSPS) is 13.1. The van der Waals surface area contributed by atoms with Gasteiger partial charge in [-0.2, -0.15) is 0 Å². The van der Waals surface area contributed by atoms with Crippen molar-refractivity contribution in [1.82, 2.24) is 0 Å². The quantitative estimate of drug-likeness (QED) is 0.752. The second kappa shape index (κ2) is 4.73. The summed E-state index contributed by atoms with van der Waals surface area (Å²) >= 11 is 0. The molecule has 0 fully saturated rings. The standard InChI is InChI=1S/C11H12N2O4/c1-16-11(15)5-12-7-2-3-9-8(4-7)13-10(14)6-17-9/h2-4,12H,5-6H2,1H3,(H,13,14). The SMILES string of the molecule is COC(=O)CNc1ccc2c(c1)NC(=O)CO2. The molecule has 1 amide bonds. The lowest BCUT2D eigenvalue weighted by atomic mass is 10.2. The number of fused-ring (bicyclic) bond motifs is 1. The number of hydrogen-bond donors (Lipinski definition) is 2. The van der Waals surface area contributed by atoms with E-state index in [1.54, 1.807) is 18.2 Å². The summed E-state index contributed by atoms with van der Waals surface area (Å²) in [5, 5.41) is 5.56. The van der Waals surface area contributed by atoms with Gasteiger partial charge in [0, 0.05) is 5.69 Å². The van der Waals surface area contributed by atoms with E-state index in [0.29, 0.717) is 17.1 Å². The minimum Gasteiger partial charge on any atom is -0.482 e. The van der Waals surface area contributed by atoms with E-state index in [4.69, 9.17) is 4.74 Å². The van der Waals surface area contributed by atoms with E-state index in [2.05, 4.69) is 15.4 Å². The van der Waals surface area contributed by atoms with Crippen molar-refractivity contribution in [2.45, 2.75) is 0 Å². The Morgan fingerprint density at radius 1 is 1.59 bits per heavy atom. The smallest absolute Gasteiger partial charge is 0.325 e. The minimum absolute atomic E-state index is 0.0297. The Labute approximate surface area is 97.9 Å². The lowest BCUT2D eigenvalue weighted by molar-refractivity contribution is -0.138. The van der Waals surface area contributed by atoms with Gasteiger partial charge in [0.15, 0.2) is 6.61 Å². The molecular formula is C11H12N2O4. The molecule has 1 aliphatic heterocycles. The van der Waals surface area contributed by atoms with E-state index in [0.717, 1.165) is 0 Å². The first-order chi connectivity index (χ1) is 8.19. The number of amides is 1. The van der Waals surface area contributed by atoms with Gasteiger partial charge >= 0.3 is 5.97 Å². The number of ether oxygens (including phenoxy) is 2. The fourth-order valence-electron chi connectivity index (χ4n) is 1.44. The predicted octanol–water partition coefficient (Wildman–Crippen LogP) is 0.602. The van der Waals surface area contributed by atoms with Gasteiger partial charge in [-0.3, -0.25) is 9.59 Å². The van der Waals surface area contributed by atoms with E-state index < -0.39 is 0 Å². The molecule has 0 aromatic heterocycles. The molecule has 17 heavy (non-hydrogen) atoms. The summed E-state index contributed by atoms with van der Waals surface area (Å²) in [4.78, 5) is 22.1. The first kappa shape index (κ1) is 11.3. The molecule has 1 aromatic carbocycles. The molecular weight excluding hydrogens is 224 g/mol. The number of hydrogen-bond acceptors (Lipinski definition) is 5. The van der Waals surface area contributed by atoms with Gasteiger partial charge in [-0.05, 0) is 18.2 Å². The Kier molecular flexibility index (Phi) is 3.13. The van der Waals surface area contributed by atoms with Gasteiger partial charge in [0.05, 0.1) is 12.8 Å². The van der Waals surface area contributed by atoms with Gasteiger partial charge in [-0.25, -0.2) is 0 Å². The molecule has 0 radical (unpaired) electrons. The highest BCUT2D eigenvalue weighted by Crippen LogP contribution is 2.30. The highest BCUT2D eigenvalue weighted by Gasteiger charge is 2.15. The van der Waals surface area contributed by atoms with Crippen LogP contribution in [0.4, 0.5) is 11.4 Å². The summed E-state index contributed by atoms with van der Waals surface area (Å²) in [5.41, 5.74) is 1.30. The van der Waals surface area contributed by atoms with Gasteiger partial charge in [-0.1, -0.05) is 0 Å². The first-order valence-electron chi connectivity index (χ1n) is 5.06. The Bertz CT molecular complexity index is 459. The molecule has 1 aromatic rings. The topological polar surface area (TPSA) is 76.7 Å². The van der Waals surface area contributed by atoms with Gasteiger partial charge in [0.25, 0.3) is 5.91 Å². The Morgan fingerprint density at radius 2 is 2.41 bits per heavy atom. The van der Waals surface area contributed by atoms with E-state index in [-0.39, 0.29) is 25.0 Å². The Morgan fingerprint density at radius 3 is 3.18 bits per heavy atom. The van der Waals surface area contributed by atoms with Crippen molar-refractivity contribution in [2.75, 3.05) is 30.9 Å². The van der Waals surface area contributed by atoms with Crippen molar-refractivity contribution in [3.8, 4) is 5.75 Å². The molecule has 0 saturated carbocycles. The first-order valence-corrected chi connectivity index (χ1v) is 5.06. The summed E-state index contributed by atoms with van der Waals surface area (Å²) in [6.45, 7) is 0.103. The van der Waals surface area contributed by atoms with Crippen LogP contribution in [0.15, 0.2) is 18.2 Å². The number of esters is 1. The molecule has 0 unspecified atom stereocenters. The van der Waals surface area contributed by atoms with Crippen molar-refractivity contribution in [3.05, 3.63) is 18.2 Å². The Balaban J connectivity index is 2.07. The number of rotatable bonds is 3. The molecule has 90 valence electrons. The zero-order valence-corrected chi connectivity index (χ0v) is 9.28. The molecule has 6 heteroatoms. The van der Waals surface area contributed by atoms with Crippen LogP contribution in [-0.2, 0) is 14.3 Å². The number of nitrogens with one attached hydrogen (secondary N) is 2. The fourth-order valence-corrected chi connectivity index (χ4v) is 1.44. The van der Waals surface area contributed by atoms with Gasteiger partial charge in [-0.15, -0.1) is 0 Å². The molecule has 0 atom stereocenters.